The molecule has 2 aliphatic heterocycles. The Hall–Kier alpha value is -0.120. The minimum atomic E-state index is 0.409. The summed E-state index contributed by atoms with van der Waals surface area (Å²) in [7, 11) is 0. The molecule has 2 rings (SSSR count). The van der Waals surface area contributed by atoms with Gasteiger partial charge in [0.1, 0.15) is 0 Å². The van der Waals surface area contributed by atoms with Gasteiger partial charge < -0.3 is 15.4 Å². The molecule has 0 aromatic carbocycles. The van der Waals surface area contributed by atoms with Gasteiger partial charge in [-0.05, 0) is 45.7 Å². The second-order valence-corrected chi connectivity index (χ2v) is 4.52. The van der Waals surface area contributed by atoms with E-state index in [2.05, 4.69) is 17.6 Å². The van der Waals surface area contributed by atoms with Gasteiger partial charge in [-0.1, -0.05) is 0 Å². The van der Waals surface area contributed by atoms with Crippen LogP contribution in [0.5, 0.6) is 0 Å². The summed E-state index contributed by atoms with van der Waals surface area (Å²) < 4.78 is 5.56. The Kier molecular flexibility index (Phi) is 3.79. The van der Waals surface area contributed by atoms with E-state index in [4.69, 9.17) is 4.74 Å². The fraction of sp³-hybridized carbons (Fsp3) is 1.00. The van der Waals surface area contributed by atoms with Gasteiger partial charge in [-0.2, -0.15) is 0 Å². The third kappa shape index (κ3) is 2.69. The summed E-state index contributed by atoms with van der Waals surface area (Å²) in [5.41, 5.74) is 0. The van der Waals surface area contributed by atoms with E-state index < -0.39 is 0 Å². The minimum absolute atomic E-state index is 0.409. The van der Waals surface area contributed by atoms with Crippen molar-refractivity contribution in [2.75, 3.05) is 19.7 Å². The van der Waals surface area contributed by atoms with Crippen LogP contribution < -0.4 is 10.6 Å². The lowest BCUT2D eigenvalue weighted by Crippen LogP contribution is -2.42. The van der Waals surface area contributed by atoms with Crippen molar-refractivity contribution >= 4 is 0 Å². The van der Waals surface area contributed by atoms with Crippen molar-refractivity contribution in [2.45, 2.75) is 50.8 Å². The topological polar surface area (TPSA) is 33.3 Å². The summed E-state index contributed by atoms with van der Waals surface area (Å²) in [5.74, 6) is 0. The molecule has 2 saturated heterocycles. The molecular weight excluding hydrogens is 176 g/mol. The monoisotopic (exact) mass is 198 g/mol. The Balaban J connectivity index is 1.77. The average molecular weight is 198 g/mol. The molecule has 3 unspecified atom stereocenters. The molecule has 2 heterocycles. The molecule has 0 aromatic heterocycles. The van der Waals surface area contributed by atoms with Crippen LogP contribution in [0.2, 0.25) is 0 Å². The third-order valence-corrected chi connectivity index (χ3v) is 3.40. The molecule has 2 fully saturated rings. The predicted molar refractivity (Wildman–Crippen MR) is 57.5 cm³/mol. The predicted octanol–water partition coefficient (Wildman–Crippen LogP) is 0.895. The molecule has 3 atom stereocenters. The van der Waals surface area contributed by atoms with Crippen molar-refractivity contribution < 1.29 is 4.74 Å². The fourth-order valence-corrected chi connectivity index (χ4v) is 2.44. The maximum atomic E-state index is 5.56. The third-order valence-electron chi connectivity index (χ3n) is 3.40. The highest BCUT2D eigenvalue weighted by Gasteiger charge is 2.26. The molecule has 0 amide bonds. The van der Waals surface area contributed by atoms with Crippen molar-refractivity contribution in [2.24, 2.45) is 0 Å². The molecule has 82 valence electrons. The van der Waals surface area contributed by atoms with Crippen molar-refractivity contribution in [1.29, 1.82) is 0 Å². The van der Waals surface area contributed by atoms with E-state index in [0.717, 1.165) is 6.61 Å². The van der Waals surface area contributed by atoms with E-state index in [-0.39, 0.29) is 0 Å². The van der Waals surface area contributed by atoms with Crippen LogP contribution in [0.15, 0.2) is 0 Å². The van der Waals surface area contributed by atoms with Crippen LogP contribution in [-0.2, 0) is 4.74 Å². The van der Waals surface area contributed by atoms with Crippen LogP contribution >= 0.6 is 0 Å². The number of rotatable bonds is 2. The lowest BCUT2D eigenvalue weighted by molar-refractivity contribution is 0.110. The molecule has 2 N–H and O–H groups in total. The molecule has 0 spiro atoms. The van der Waals surface area contributed by atoms with Crippen LogP contribution in [0.4, 0.5) is 0 Å². The van der Waals surface area contributed by atoms with Gasteiger partial charge in [-0.3, -0.25) is 0 Å². The number of nitrogens with one attached hydrogen (secondary N) is 2. The Bertz CT molecular complexity index is 167. The van der Waals surface area contributed by atoms with E-state index in [0.29, 0.717) is 18.2 Å². The Morgan fingerprint density at radius 1 is 1.21 bits per heavy atom. The largest absolute Gasteiger partial charge is 0.377 e. The molecule has 0 bridgehead atoms. The maximum absolute atomic E-state index is 5.56. The van der Waals surface area contributed by atoms with Crippen LogP contribution in [0.25, 0.3) is 0 Å². The van der Waals surface area contributed by atoms with Crippen LogP contribution in [0, 0.1) is 0 Å². The van der Waals surface area contributed by atoms with Gasteiger partial charge in [0.05, 0.1) is 6.10 Å². The normalized spacial score (nSPS) is 39.6. The molecular formula is C11H22N2O. The average Bonchev–Trinajstić information content (AvgIpc) is 2.44. The lowest BCUT2D eigenvalue weighted by atomic mass is 10.1. The number of hydrogen-bond acceptors (Lipinski definition) is 3. The highest BCUT2D eigenvalue weighted by Crippen LogP contribution is 2.15. The van der Waals surface area contributed by atoms with Gasteiger partial charge >= 0.3 is 0 Å². The van der Waals surface area contributed by atoms with E-state index in [1.165, 1.54) is 38.8 Å². The highest BCUT2D eigenvalue weighted by molar-refractivity contribution is 4.84. The quantitative estimate of drug-likeness (QED) is 0.691. The first kappa shape index (κ1) is 10.4. The Labute approximate surface area is 86.6 Å². The van der Waals surface area contributed by atoms with Crippen LogP contribution in [0.3, 0.4) is 0 Å². The van der Waals surface area contributed by atoms with E-state index >= 15 is 0 Å². The molecule has 0 aliphatic carbocycles. The van der Waals surface area contributed by atoms with Gasteiger partial charge in [0.2, 0.25) is 0 Å². The molecule has 2 aliphatic rings. The Morgan fingerprint density at radius 2 is 2.14 bits per heavy atom. The number of ether oxygens (including phenoxy) is 1. The van der Waals surface area contributed by atoms with Gasteiger partial charge in [0.25, 0.3) is 0 Å². The molecule has 0 saturated carbocycles. The first-order valence-electron chi connectivity index (χ1n) is 5.94. The van der Waals surface area contributed by atoms with Crippen molar-refractivity contribution in [3.05, 3.63) is 0 Å². The van der Waals surface area contributed by atoms with Crippen molar-refractivity contribution in [1.82, 2.24) is 10.6 Å². The van der Waals surface area contributed by atoms with Gasteiger partial charge in [0.15, 0.2) is 0 Å². The van der Waals surface area contributed by atoms with Crippen molar-refractivity contribution in [3.8, 4) is 0 Å². The van der Waals surface area contributed by atoms with E-state index in [1.54, 1.807) is 0 Å². The summed E-state index contributed by atoms with van der Waals surface area (Å²) in [6.07, 6.45) is 5.48. The second-order valence-electron chi connectivity index (χ2n) is 4.52. The summed E-state index contributed by atoms with van der Waals surface area (Å²) in [6, 6.07) is 1.30. The zero-order valence-corrected chi connectivity index (χ0v) is 9.09. The van der Waals surface area contributed by atoms with Crippen LogP contribution in [-0.4, -0.2) is 37.9 Å². The summed E-state index contributed by atoms with van der Waals surface area (Å²) >= 11 is 0. The highest BCUT2D eigenvalue weighted by atomic mass is 16.5. The zero-order valence-electron chi connectivity index (χ0n) is 9.09. The fourth-order valence-electron chi connectivity index (χ4n) is 2.44. The van der Waals surface area contributed by atoms with E-state index in [1.807, 2.05) is 0 Å². The second kappa shape index (κ2) is 5.10. The molecule has 3 nitrogen and oxygen atoms in total. The smallest absolute Gasteiger partial charge is 0.0700 e. The summed E-state index contributed by atoms with van der Waals surface area (Å²) in [6.45, 7) is 5.47. The zero-order chi connectivity index (χ0) is 9.80. The van der Waals surface area contributed by atoms with Gasteiger partial charge in [0, 0.05) is 18.7 Å². The minimum Gasteiger partial charge on any atom is -0.377 e. The first-order chi connectivity index (χ1) is 6.86. The number of hydrogen-bond donors (Lipinski definition) is 2. The SMILES string of the molecule is CC1OCCC1NC1CCCNCC1. The molecule has 0 radical (unpaired) electrons. The maximum Gasteiger partial charge on any atom is 0.0700 e. The van der Waals surface area contributed by atoms with Crippen LogP contribution in [0.1, 0.15) is 32.6 Å². The van der Waals surface area contributed by atoms with E-state index in [9.17, 15) is 0 Å². The molecule has 14 heavy (non-hydrogen) atoms. The lowest BCUT2D eigenvalue weighted by Gasteiger charge is -2.23. The van der Waals surface area contributed by atoms with Gasteiger partial charge in [-0.15, -0.1) is 0 Å². The standard InChI is InChI=1S/C11H22N2O/c1-9-11(5-8-14-9)13-10-3-2-6-12-7-4-10/h9-13H,2-8H2,1H3. The van der Waals surface area contributed by atoms with Gasteiger partial charge in [-0.25, -0.2) is 0 Å². The summed E-state index contributed by atoms with van der Waals surface area (Å²) in [4.78, 5) is 0. The molecule has 0 aromatic rings. The van der Waals surface area contributed by atoms with Crippen molar-refractivity contribution in [3.63, 3.8) is 0 Å². The molecule has 3 heteroatoms. The summed E-state index contributed by atoms with van der Waals surface area (Å²) in [5, 5.41) is 7.18. The Morgan fingerprint density at radius 3 is 2.93 bits per heavy atom. The first-order valence-corrected chi connectivity index (χ1v) is 5.94.